The fourth-order valence-corrected chi connectivity index (χ4v) is 2.75. The van der Waals surface area contributed by atoms with Crippen LogP contribution in [0.25, 0.3) is 0 Å². The molecular weight excluding hydrogens is 322 g/mol. The zero-order valence-corrected chi connectivity index (χ0v) is 13.8. The van der Waals surface area contributed by atoms with Crippen LogP contribution in [0.3, 0.4) is 0 Å². The molecule has 0 aliphatic heterocycles. The van der Waals surface area contributed by atoms with Crippen LogP contribution >= 0.6 is 11.6 Å². The van der Waals surface area contributed by atoms with Gasteiger partial charge >= 0.3 is 0 Å². The first kappa shape index (κ1) is 16.0. The Morgan fingerprint density at radius 3 is 2.54 bits per heavy atom. The Balaban J connectivity index is 1.93. The maximum atomic E-state index is 9.49. The Morgan fingerprint density at radius 2 is 1.88 bits per heavy atom. The quantitative estimate of drug-likeness (QED) is 0.399. The molecule has 0 atom stereocenters. The molecule has 0 aliphatic rings. The van der Waals surface area contributed by atoms with Crippen molar-refractivity contribution in [3.8, 4) is 0 Å². The number of halogens is 1. The number of oxime groups is 1. The number of nitrogens with zero attached hydrogens (tertiary/aromatic N) is 2. The van der Waals surface area contributed by atoms with Crippen LogP contribution in [-0.2, 0) is 0 Å². The number of pyridine rings is 1. The van der Waals surface area contributed by atoms with Crippen molar-refractivity contribution in [1.29, 1.82) is 0 Å². The Hall–Kier alpha value is -2.85. The molecule has 0 fully saturated rings. The van der Waals surface area contributed by atoms with Crippen molar-refractivity contribution in [2.24, 2.45) is 5.16 Å². The summed E-state index contributed by atoms with van der Waals surface area (Å²) in [6.07, 6.45) is 3.45. The second kappa shape index (κ2) is 7.15. The Labute approximate surface area is 145 Å². The van der Waals surface area contributed by atoms with Gasteiger partial charge in [-0.3, -0.25) is 4.98 Å². The largest absolute Gasteiger partial charge is 0.410 e. The van der Waals surface area contributed by atoms with Gasteiger partial charge in [-0.1, -0.05) is 41.0 Å². The summed E-state index contributed by atoms with van der Waals surface area (Å²) in [5, 5.41) is 16.7. The highest BCUT2D eigenvalue weighted by atomic mass is 35.5. The molecule has 2 aromatic carbocycles. The molecule has 0 amide bonds. The Bertz CT molecular complexity index is 879. The zero-order chi connectivity index (χ0) is 16.9. The van der Waals surface area contributed by atoms with Gasteiger partial charge in [-0.25, -0.2) is 0 Å². The van der Waals surface area contributed by atoms with Crippen LogP contribution in [0.4, 0.5) is 11.4 Å². The van der Waals surface area contributed by atoms with Gasteiger partial charge in [0.05, 0.1) is 16.9 Å². The van der Waals surface area contributed by atoms with Gasteiger partial charge in [0.25, 0.3) is 0 Å². The number of aromatic nitrogens is 1. The van der Waals surface area contributed by atoms with Crippen molar-refractivity contribution in [3.63, 3.8) is 0 Å². The van der Waals surface area contributed by atoms with Gasteiger partial charge in [-0.15, -0.1) is 0 Å². The highest BCUT2D eigenvalue weighted by Gasteiger charge is 2.14. The van der Waals surface area contributed by atoms with Gasteiger partial charge in [0, 0.05) is 23.0 Å². The predicted molar refractivity (Wildman–Crippen MR) is 97.6 cm³/mol. The van der Waals surface area contributed by atoms with Crippen molar-refractivity contribution in [2.45, 2.75) is 6.92 Å². The fraction of sp³-hybridized carbons (Fsp3) is 0.0526. The average Bonchev–Trinajstić information content (AvgIpc) is 2.60. The molecule has 5 heteroatoms. The van der Waals surface area contributed by atoms with Crippen molar-refractivity contribution in [1.82, 2.24) is 4.98 Å². The predicted octanol–water partition coefficient (Wildman–Crippen LogP) is 5.01. The minimum absolute atomic E-state index is 0.450. The third-order valence-corrected chi connectivity index (χ3v) is 3.99. The Kier molecular flexibility index (Phi) is 4.77. The molecule has 0 unspecified atom stereocenters. The molecular formula is C19H16ClN3O. The molecule has 24 heavy (non-hydrogen) atoms. The van der Waals surface area contributed by atoms with Gasteiger partial charge in [-0.2, -0.15) is 0 Å². The van der Waals surface area contributed by atoms with E-state index in [-0.39, 0.29) is 0 Å². The van der Waals surface area contributed by atoms with E-state index in [2.05, 4.69) is 15.5 Å². The molecule has 0 bridgehead atoms. The number of rotatable bonds is 4. The minimum atomic E-state index is 0.450. The number of hydrogen-bond acceptors (Lipinski definition) is 4. The molecule has 1 heterocycles. The molecule has 1 aromatic heterocycles. The van der Waals surface area contributed by atoms with E-state index in [9.17, 15) is 5.21 Å². The zero-order valence-electron chi connectivity index (χ0n) is 13.1. The van der Waals surface area contributed by atoms with E-state index in [1.54, 1.807) is 18.5 Å². The van der Waals surface area contributed by atoms with Crippen molar-refractivity contribution in [2.75, 3.05) is 5.32 Å². The van der Waals surface area contributed by atoms with E-state index in [0.717, 1.165) is 22.5 Å². The van der Waals surface area contributed by atoms with Gasteiger partial charge < -0.3 is 10.5 Å². The molecule has 3 rings (SSSR count). The normalized spacial score (nSPS) is 11.3. The first-order chi connectivity index (χ1) is 11.7. The van der Waals surface area contributed by atoms with Gasteiger partial charge in [-0.05, 0) is 42.8 Å². The lowest BCUT2D eigenvalue weighted by Gasteiger charge is -2.12. The third kappa shape index (κ3) is 3.39. The number of nitrogens with one attached hydrogen (secondary N) is 1. The van der Waals surface area contributed by atoms with Crippen LogP contribution in [0.5, 0.6) is 0 Å². The second-order valence-electron chi connectivity index (χ2n) is 5.32. The maximum Gasteiger partial charge on any atom is 0.118 e. The van der Waals surface area contributed by atoms with Crippen molar-refractivity contribution in [3.05, 3.63) is 88.7 Å². The molecule has 3 aromatic rings. The van der Waals surface area contributed by atoms with Gasteiger partial charge in [0.1, 0.15) is 5.71 Å². The summed E-state index contributed by atoms with van der Waals surface area (Å²) in [4.78, 5) is 4.06. The summed E-state index contributed by atoms with van der Waals surface area (Å²) in [5.74, 6) is 0. The van der Waals surface area contributed by atoms with Crippen LogP contribution in [0, 0.1) is 6.92 Å². The van der Waals surface area contributed by atoms with E-state index in [4.69, 9.17) is 11.6 Å². The average molecular weight is 338 g/mol. The first-order valence-corrected chi connectivity index (χ1v) is 7.82. The summed E-state index contributed by atoms with van der Waals surface area (Å²) < 4.78 is 0. The molecule has 120 valence electrons. The first-order valence-electron chi connectivity index (χ1n) is 7.44. The standard InChI is InChI=1S/C19H16ClN3O/c1-13-5-2-3-7-16(13)19(23-24)17-9-8-14(11-18(17)20)22-15-6-4-10-21-12-15/h2-12,22,24H,1H3. The summed E-state index contributed by atoms with van der Waals surface area (Å²) in [5.41, 5.74) is 4.68. The lowest BCUT2D eigenvalue weighted by molar-refractivity contribution is 0.319. The molecule has 0 saturated carbocycles. The molecule has 0 aliphatic carbocycles. The molecule has 0 spiro atoms. The maximum absolute atomic E-state index is 9.49. The summed E-state index contributed by atoms with van der Waals surface area (Å²) >= 11 is 6.42. The number of aryl methyl sites for hydroxylation is 1. The van der Waals surface area contributed by atoms with Crippen LogP contribution in [0.1, 0.15) is 16.7 Å². The van der Waals surface area contributed by atoms with Crippen molar-refractivity contribution >= 4 is 28.7 Å². The second-order valence-corrected chi connectivity index (χ2v) is 5.73. The molecule has 0 radical (unpaired) electrons. The molecule has 4 nitrogen and oxygen atoms in total. The summed E-state index contributed by atoms with van der Waals surface area (Å²) in [7, 11) is 0. The van der Waals surface area contributed by atoms with Crippen LogP contribution in [0.15, 0.2) is 72.1 Å². The van der Waals surface area contributed by atoms with Crippen LogP contribution < -0.4 is 5.32 Å². The fourth-order valence-electron chi connectivity index (χ4n) is 2.48. The summed E-state index contributed by atoms with van der Waals surface area (Å²) in [6, 6.07) is 17.0. The molecule has 2 N–H and O–H groups in total. The van der Waals surface area contributed by atoms with Gasteiger partial charge in [0.15, 0.2) is 0 Å². The van der Waals surface area contributed by atoms with Gasteiger partial charge in [0.2, 0.25) is 0 Å². The van der Waals surface area contributed by atoms with E-state index in [1.807, 2.05) is 55.5 Å². The summed E-state index contributed by atoms with van der Waals surface area (Å²) in [6.45, 7) is 1.97. The number of hydrogen-bond donors (Lipinski definition) is 2. The Morgan fingerprint density at radius 1 is 1.04 bits per heavy atom. The van der Waals surface area contributed by atoms with E-state index in [1.165, 1.54) is 0 Å². The number of anilines is 2. The molecule has 0 saturated heterocycles. The van der Waals surface area contributed by atoms with Crippen LogP contribution in [0.2, 0.25) is 5.02 Å². The van der Waals surface area contributed by atoms with Crippen LogP contribution in [-0.4, -0.2) is 15.9 Å². The number of benzene rings is 2. The topological polar surface area (TPSA) is 57.5 Å². The SMILES string of the molecule is Cc1ccccc1C(=NO)c1ccc(Nc2cccnc2)cc1Cl. The highest BCUT2D eigenvalue weighted by molar-refractivity contribution is 6.35. The van der Waals surface area contributed by atoms with E-state index in [0.29, 0.717) is 16.3 Å². The van der Waals surface area contributed by atoms with Crippen molar-refractivity contribution < 1.29 is 5.21 Å². The van der Waals surface area contributed by atoms with E-state index < -0.39 is 0 Å². The lowest BCUT2D eigenvalue weighted by Crippen LogP contribution is -2.06. The minimum Gasteiger partial charge on any atom is -0.410 e. The highest BCUT2D eigenvalue weighted by Crippen LogP contribution is 2.26. The third-order valence-electron chi connectivity index (χ3n) is 3.67. The van der Waals surface area contributed by atoms with E-state index >= 15 is 0 Å². The monoisotopic (exact) mass is 337 g/mol. The smallest absolute Gasteiger partial charge is 0.118 e. The lowest BCUT2D eigenvalue weighted by atomic mass is 9.98.